The number of halogens is 1. The van der Waals surface area contributed by atoms with Gasteiger partial charge in [-0.3, -0.25) is 4.79 Å². The number of amides is 1. The lowest BCUT2D eigenvalue weighted by Gasteiger charge is -2.30. The molecule has 1 amide bonds. The number of anilines is 1. The molecule has 130 valence electrons. The number of rotatable bonds is 2. The van der Waals surface area contributed by atoms with Gasteiger partial charge in [-0.15, -0.1) is 0 Å². The van der Waals surface area contributed by atoms with Crippen LogP contribution in [0.1, 0.15) is 21.6 Å². The molecule has 1 fully saturated rings. The number of benzene rings is 1. The molecule has 7 heteroatoms. The third-order valence-corrected chi connectivity index (χ3v) is 4.61. The van der Waals surface area contributed by atoms with E-state index in [1.165, 1.54) is 24.3 Å². The van der Waals surface area contributed by atoms with E-state index in [9.17, 15) is 9.18 Å². The van der Waals surface area contributed by atoms with Gasteiger partial charge in [0.25, 0.3) is 5.91 Å². The Kier molecular flexibility index (Phi) is 4.31. The number of fused-ring (bicyclic) bond motifs is 1. The fourth-order valence-corrected chi connectivity index (χ4v) is 3.16. The van der Waals surface area contributed by atoms with E-state index in [4.69, 9.17) is 4.74 Å². The molecular weight excluding hydrogens is 323 g/mol. The Labute approximate surface area is 145 Å². The molecule has 2 aliphatic heterocycles. The van der Waals surface area contributed by atoms with Crippen molar-refractivity contribution in [2.45, 2.75) is 13.0 Å². The van der Waals surface area contributed by atoms with Crippen molar-refractivity contribution in [3.63, 3.8) is 0 Å². The van der Waals surface area contributed by atoms with Gasteiger partial charge in [0.1, 0.15) is 5.82 Å². The maximum absolute atomic E-state index is 13.1. The number of carbonyl (C=O) groups is 1. The van der Waals surface area contributed by atoms with Crippen LogP contribution in [0.25, 0.3) is 0 Å². The van der Waals surface area contributed by atoms with Gasteiger partial charge in [0.05, 0.1) is 25.5 Å². The predicted molar refractivity (Wildman–Crippen MR) is 89.9 cm³/mol. The van der Waals surface area contributed by atoms with E-state index in [0.29, 0.717) is 37.8 Å². The van der Waals surface area contributed by atoms with Crippen molar-refractivity contribution in [1.29, 1.82) is 0 Å². The first-order valence-electron chi connectivity index (χ1n) is 8.43. The second-order valence-corrected chi connectivity index (χ2v) is 6.22. The van der Waals surface area contributed by atoms with Gasteiger partial charge < -0.3 is 14.5 Å². The molecular formula is C18H19FN4O2. The van der Waals surface area contributed by atoms with Crippen LogP contribution in [-0.4, -0.2) is 53.6 Å². The van der Waals surface area contributed by atoms with Crippen molar-refractivity contribution in [1.82, 2.24) is 14.9 Å². The van der Waals surface area contributed by atoms with Crippen LogP contribution in [0.5, 0.6) is 0 Å². The van der Waals surface area contributed by atoms with E-state index in [0.717, 1.165) is 30.8 Å². The Balaban J connectivity index is 1.53. The van der Waals surface area contributed by atoms with Crippen LogP contribution in [0.2, 0.25) is 0 Å². The summed E-state index contributed by atoms with van der Waals surface area (Å²) in [4.78, 5) is 25.6. The Morgan fingerprint density at radius 2 is 1.88 bits per heavy atom. The van der Waals surface area contributed by atoms with E-state index in [1.807, 2.05) is 6.20 Å². The molecule has 0 saturated carbocycles. The largest absolute Gasteiger partial charge is 0.378 e. The van der Waals surface area contributed by atoms with Gasteiger partial charge in [0.15, 0.2) is 0 Å². The summed E-state index contributed by atoms with van der Waals surface area (Å²) in [6.07, 6.45) is 2.60. The summed E-state index contributed by atoms with van der Waals surface area (Å²) in [7, 11) is 0. The lowest BCUT2D eigenvalue weighted by atomic mass is 10.1. The first-order valence-corrected chi connectivity index (χ1v) is 8.43. The Morgan fingerprint density at radius 1 is 1.12 bits per heavy atom. The standard InChI is InChI=1S/C18H19FN4O2/c19-15-3-1-13(2-4-15)17(24)23-6-5-14-11-20-18(21-16(14)12-23)22-7-9-25-10-8-22/h1-4,11H,5-10,12H2. The van der Waals surface area contributed by atoms with Crippen molar-refractivity contribution in [3.8, 4) is 0 Å². The number of hydrogen-bond donors (Lipinski definition) is 0. The van der Waals surface area contributed by atoms with Crippen molar-refractivity contribution >= 4 is 11.9 Å². The Hall–Kier alpha value is -2.54. The maximum atomic E-state index is 13.1. The highest BCUT2D eigenvalue weighted by molar-refractivity contribution is 5.94. The van der Waals surface area contributed by atoms with Gasteiger partial charge in [0.2, 0.25) is 5.95 Å². The maximum Gasteiger partial charge on any atom is 0.254 e. The monoisotopic (exact) mass is 342 g/mol. The fourth-order valence-electron chi connectivity index (χ4n) is 3.16. The molecule has 0 aliphatic carbocycles. The smallest absolute Gasteiger partial charge is 0.254 e. The molecule has 2 aliphatic rings. The summed E-state index contributed by atoms with van der Waals surface area (Å²) >= 11 is 0. The van der Waals surface area contributed by atoms with Crippen molar-refractivity contribution < 1.29 is 13.9 Å². The summed E-state index contributed by atoms with van der Waals surface area (Å²) in [5.41, 5.74) is 2.46. The van der Waals surface area contributed by atoms with E-state index in [2.05, 4.69) is 14.9 Å². The van der Waals surface area contributed by atoms with E-state index in [1.54, 1.807) is 4.90 Å². The molecule has 0 bridgehead atoms. The van der Waals surface area contributed by atoms with Gasteiger partial charge in [-0.05, 0) is 36.2 Å². The quantitative estimate of drug-likeness (QED) is 0.831. The number of hydrogen-bond acceptors (Lipinski definition) is 5. The minimum absolute atomic E-state index is 0.0998. The van der Waals surface area contributed by atoms with Crippen LogP contribution in [0.3, 0.4) is 0 Å². The highest BCUT2D eigenvalue weighted by Crippen LogP contribution is 2.21. The average molecular weight is 342 g/mol. The molecule has 1 aromatic heterocycles. The Bertz CT molecular complexity index is 775. The van der Waals surface area contributed by atoms with Crippen molar-refractivity contribution in [3.05, 3.63) is 53.1 Å². The summed E-state index contributed by atoms with van der Waals surface area (Å²) in [6, 6.07) is 5.66. The van der Waals surface area contributed by atoms with E-state index < -0.39 is 0 Å². The molecule has 25 heavy (non-hydrogen) atoms. The lowest BCUT2D eigenvalue weighted by Crippen LogP contribution is -2.39. The fraction of sp³-hybridized carbons (Fsp3) is 0.389. The van der Waals surface area contributed by atoms with Gasteiger partial charge >= 0.3 is 0 Å². The minimum Gasteiger partial charge on any atom is -0.378 e. The van der Waals surface area contributed by atoms with Gasteiger partial charge in [0, 0.05) is 31.4 Å². The number of aromatic nitrogens is 2. The zero-order valence-electron chi connectivity index (χ0n) is 13.8. The van der Waals surface area contributed by atoms with Crippen LogP contribution in [-0.2, 0) is 17.7 Å². The Morgan fingerprint density at radius 3 is 2.64 bits per heavy atom. The number of carbonyl (C=O) groups excluding carboxylic acids is 1. The molecule has 6 nitrogen and oxygen atoms in total. The molecule has 0 spiro atoms. The third-order valence-electron chi connectivity index (χ3n) is 4.61. The van der Waals surface area contributed by atoms with Crippen LogP contribution >= 0.6 is 0 Å². The predicted octanol–water partition coefficient (Wildman–Crippen LogP) is 1.65. The highest BCUT2D eigenvalue weighted by atomic mass is 19.1. The molecule has 4 rings (SSSR count). The van der Waals surface area contributed by atoms with Crippen LogP contribution in [0, 0.1) is 5.82 Å². The number of nitrogens with zero attached hydrogens (tertiary/aromatic N) is 4. The molecule has 0 atom stereocenters. The zero-order chi connectivity index (χ0) is 17.2. The average Bonchev–Trinajstić information content (AvgIpc) is 2.68. The summed E-state index contributed by atoms with van der Waals surface area (Å²) in [5, 5.41) is 0. The molecule has 3 heterocycles. The summed E-state index contributed by atoms with van der Waals surface area (Å²) in [6.45, 7) is 3.97. The first kappa shape index (κ1) is 16.0. The molecule has 1 saturated heterocycles. The molecule has 2 aromatic rings. The lowest BCUT2D eigenvalue weighted by molar-refractivity contribution is 0.0731. The van der Waals surface area contributed by atoms with Gasteiger partial charge in [-0.1, -0.05) is 0 Å². The minimum atomic E-state index is -0.344. The van der Waals surface area contributed by atoms with Crippen LogP contribution in [0.4, 0.5) is 10.3 Å². The molecule has 0 N–H and O–H groups in total. The number of morpholine rings is 1. The van der Waals surface area contributed by atoms with Crippen LogP contribution in [0.15, 0.2) is 30.5 Å². The molecule has 1 aromatic carbocycles. The van der Waals surface area contributed by atoms with E-state index >= 15 is 0 Å². The second-order valence-electron chi connectivity index (χ2n) is 6.22. The third kappa shape index (κ3) is 3.32. The van der Waals surface area contributed by atoms with Gasteiger partial charge in [-0.25, -0.2) is 14.4 Å². The van der Waals surface area contributed by atoms with Gasteiger partial charge in [-0.2, -0.15) is 0 Å². The normalized spacial score (nSPS) is 17.3. The molecule has 0 radical (unpaired) electrons. The molecule has 0 unspecified atom stereocenters. The SMILES string of the molecule is O=C(c1ccc(F)cc1)N1CCc2cnc(N3CCOCC3)nc2C1. The number of ether oxygens (including phenoxy) is 1. The topological polar surface area (TPSA) is 58.6 Å². The summed E-state index contributed by atoms with van der Waals surface area (Å²) < 4.78 is 18.4. The van der Waals surface area contributed by atoms with E-state index in [-0.39, 0.29) is 11.7 Å². The van der Waals surface area contributed by atoms with Crippen molar-refractivity contribution in [2.75, 3.05) is 37.7 Å². The summed E-state index contributed by atoms with van der Waals surface area (Å²) in [5.74, 6) is 0.249. The van der Waals surface area contributed by atoms with Crippen molar-refractivity contribution in [2.24, 2.45) is 0 Å². The second kappa shape index (κ2) is 6.76. The zero-order valence-corrected chi connectivity index (χ0v) is 13.8. The first-order chi connectivity index (χ1) is 12.2. The van der Waals surface area contributed by atoms with Crippen LogP contribution < -0.4 is 4.90 Å². The highest BCUT2D eigenvalue weighted by Gasteiger charge is 2.24.